The van der Waals surface area contributed by atoms with Crippen LogP contribution in [0.25, 0.3) is 0 Å². The van der Waals surface area contributed by atoms with E-state index >= 15 is 0 Å². The van der Waals surface area contributed by atoms with Gasteiger partial charge in [0.15, 0.2) is 6.61 Å². The molecule has 1 saturated heterocycles. The van der Waals surface area contributed by atoms with E-state index in [9.17, 15) is 9.59 Å². The first-order chi connectivity index (χ1) is 13.6. The van der Waals surface area contributed by atoms with Crippen LogP contribution in [0.1, 0.15) is 15.9 Å². The van der Waals surface area contributed by atoms with E-state index in [-0.39, 0.29) is 19.1 Å². The SMILES string of the molecule is COc1ccccc1N1CCN(C(=O)COC(=O)c2ccc(CO)cc2)CC1. The first-order valence-electron chi connectivity index (χ1n) is 9.15. The van der Waals surface area contributed by atoms with Crippen LogP contribution < -0.4 is 9.64 Å². The van der Waals surface area contributed by atoms with Gasteiger partial charge in [-0.15, -0.1) is 0 Å². The normalized spacial score (nSPS) is 13.9. The van der Waals surface area contributed by atoms with Crippen LogP contribution in [0.5, 0.6) is 5.75 Å². The summed E-state index contributed by atoms with van der Waals surface area (Å²) in [4.78, 5) is 28.3. The average molecular weight is 384 g/mol. The highest BCUT2D eigenvalue weighted by molar-refractivity contribution is 5.91. The number of hydrogen-bond acceptors (Lipinski definition) is 6. The highest BCUT2D eigenvalue weighted by atomic mass is 16.5. The second-order valence-corrected chi connectivity index (χ2v) is 6.47. The van der Waals surface area contributed by atoms with Gasteiger partial charge in [0.2, 0.25) is 0 Å². The van der Waals surface area contributed by atoms with Gasteiger partial charge >= 0.3 is 5.97 Å². The standard InChI is InChI=1S/C21H24N2O5/c1-27-19-5-3-2-4-18(19)22-10-12-23(13-11-22)20(25)15-28-21(26)17-8-6-16(14-24)7-9-17/h2-9,24H,10-15H2,1H3. The minimum absolute atomic E-state index is 0.0886. The van der Waals surface area contributed by atoms with Gasteiger partial charge in [-0.3, -0.25) is 4.79 Å². The fourth-order valence-electron chi connectivity index (χ4n) is 3.14. The molecule has 148 valence electrons. The lowest BCUT2D eigenvalue weighted by atomic mass is 10.1. The highest BCUT2D eigenvalue weighted by Gasteiger charge is 2.23. The zero-order chi connectivity index (χ0) is 19.9. The molecule has 0 radical (unpaired) electrons. The van der Waals surface area contributed by atoms with Crippen LogP contribution in [-0.2, 0) is 16.1 Å². The maximum Gasteiger partial charge on any atom is 0.338 e. The van der Waals surface area contributed by atoms with Crippen molar-refractivity contribution in [1.82, 2.24) is 4.90 Å². The fourth-order valence-corrected chi connectivity index (χ4v) is 3.14. The van der Waals surface area contributed by atoms with E-state index in [1.54, 1.807) is 36.3 Å². The molecule has 2 aromatic rings. The van der Waals surface area contributed by atoms with E-state index in [4.69, 9.17) is 14.6 Å². The van der Waals surface area contributed by atoms with E-state index < -0.39 is 5.97 Å². The number of carbonyl (C=O) groups is 2. The van der Waals surface area contributed by atoms with Crippen LogP contribution in [0, 0.1) is 0 Å². The molecule has 0 aromatic heterocycles. The molecule has 1 fully saturated rings. The summed E-state index contributed by atoms with van der Waals surface area (Å²) in [5.74, 6) is 0.0499. The molecule has 0 saturated carbocycles. The molecule has 28 heavy (non-hydrogen) atoms. The summed E-state index contributed by atoms with van der Waals surface area (Å²) in [5.41, 5.74) is 2.07. The van der Waals surface area contributed by atoms with Crippen molar-refractivity contribution in [3.63, 3.8) is 0 Å². The third-order valence-electron chi connectivity index (χ3n) is 4.76. The quantitative estimate of drug-likeness (QED) is 0.764. The van der Waals surface area contributed by atoms with Gasteiger partial charge in [-0.25, -0.2) is 4.79 Å². The number of aliphatic hydroxyl groups is 1. The van der Waals surface area contributed by atoms with E-state index in [0.29, 0.717) is 37.3 Å². The lowest BCUT2D eigenvalue weighted by Crippen LogP contribution is -2.50. The number of aliphatic hydroxyl groups excluding tert-OH is 1. The largest absolute Gasteiger partial charge is 0.495 e. The molecular weight excluding hydrogens is 360 g/mol. The molecule has 7 nitrogen and oxygen atoms in total. The minimum atomic E-state index is -0.550. The van der Waals surface area contributed by atoms with E-state index in [1.165, 1.54) is 0 Å². The van der Waals surface area contributed by atoms with Gasteiger partial charge in [-0.2, -0.15) is 0 Å². The number of amides is 1. The Bertz CT molecular complexity index is 814. The van der Waals surface area contributed by atoms with Crippen molar-refractivity contribution in [1.29, 1.82) is 0 Å². The number of rotatable bonds is 6. The number of carbonyl (C=O) groups excluding carboxylic acids is 2. The number of benzene rings is 2. The smallest absolute Gasteiger partial charge is 0.338 e. The summed E-state index contributed by atoms with van der Waals surface area (Å²) < 4.78 is 10.5. The van der Waals surface area contributed by atoms with Crippen molar-refractivity contribution in [2.45, 2.75) is 6.61 Å². The third-order valence-corrected chi connectivity index (χ3v) is 4.76. The molecule has 0 unspecified atom stereocenters. The number of piperazine rings is 1. The van der Waals surface area contributed by atoms with Gasteiger partial charge < -0.3 is 24.4 Å². The summed E-state index contributed by atoms with van der Waals surface area (Å²) in [6.45, 7) is 2.11. The zero-order valence-electron chi connectivity index (χ0n) is 15.8. The molecule has 1 amide bonds. The minimum Gasteiger partial charge on any atom is -0.495 e. The van der Waals surface area contributed by atoms with Crippen LogP contribution in [0.3, 0.4) is 0 Å². The molecule has 1 heterocycles. The zero-order valence-corrected chi connectivity index (χ0v) is 15.8. The van der Waals surface area contributed by atoms with Gasteiger partial charge in [0.25, 0.3) is 5.91 Å². The Morgan fingerprint density at radius 2 is 1.68 bits per heavy atom. The first-order valence-corrected chi connectivity index (χ1v) is 9.15. The van der Waals surface area contributed by atoms with Gasteiger partial charge in [-0.1, -0.05) is 24.3 Å². The molecule has 7 heteroatoms. The molecule has 0 aliphatic carbocycles. The number of nitrogens with zero attached hydrogens (tertiary/aromatic N) is 2. The summed E-state index contributed by atoms with van der Waals surface area (Å²) in [7, 11) is 1.64. The second-order valence-electron chi connectivity index (χ2n) is 6.47. The molecule has 2 aromatic carbocycles. The predicted octanol–water partition coefficient (Wildman–Crippen LogP) is 1.69. The summed E-state index contributed by atoms with van der Waals surface area (Å²) in [6, 6.07) is 14.2. The molecule has 1 N–H and O–H groups in total. The maximum atomic E-state index is 12.4. The van der Waals surface area contributed by atoms with Gasteiger partial charge in [0.05, 0.1) is 25.0 Å². The topological polar surface area (TPSA) is 79.3 Å². The molecular formula is C21H24N2O5. The predicted molar refractivity (Wildman–Crippen MR) is 104 cm³/mol. The van der Waals surface area contributed by atoms with Crippen molar-refractivity contribution in [2.24, 2.45) is 0 Å². The van der Waals surface area contributed by atoms with Crippen molar-refractivity contribution >= 4 is 17.6 Å². The monoisotopic (exact) mass is 384 g/mol. The molecule has 1 aliphatic rings. The van der Waals surface area contributed by atoms with Crippen molar-refractivity contribution in [3.8, 4) is 5.75 Å². The Kier molecular flexibility index (Phi) is 6.49. The summed E-state index contributed by atoms with van der Waals surface area (Å²) in [5, 5.41) is 9.03. The van der Waals surface area contributed by atoms with Crippen LogP contribution in [0.2, 0.25) is 0 Å². The first kappa shape index (κ1) is 19.7. The molecule has 1 aliphatic heterocycles. The van der Waals surface area contributed by atoms with Crippen LogP contribution >= 0.6 is 0 Å². The van der Waals surface area contributed by atoms with E-state index in [2.05, 4.69) is 4.90 Å². The molecule has 0 atom stereocenters. The third kappa shape index (κ3) is 4.61. The number of methoxy groups -OCH3 is 1. The van der Waals surface area contributed by atoms with E-state index in [1.807, 2.05) is 24.3 Å². The van der Waals surface area contributed by atoms with E-state index in [0.717, 1.165) is 11.4 Å². The fraction of sp³-hybridized carbons (Fsp3) is 0.333. The Balaban J connectivity index is 1.49. The van der Waals surface area contributed by atoms with Crippen LogP contribution in [0.4, 0.5) is 5.69 Å². The molecule has 0 spiro atoms. The number of ether oxygens (including phenoxy) is 2. The van der Waals surface area contributed by atoms with Crippen molar-refractivity contribution in [2.75, 3.05) is 44.8 Å². The lowest BCUT2D eigenvalue weighted by molar-refractivity contribution is -0.134. The van der Waals surface area contributed by atoms with Gasteiger partial charge in [0.1, 0.15) is 5.75 Å². The lowest BCUT2D eigenvalue weighted by Gasteiger charge is -2.36. The Morgan fingerprint density at radius 3 is 2.32 bits per heavy atom. The molecule has 0 bridgehead atoms. The highest BCUT2D eigenvalue weighted by Crippen LogP contribution is 2.28. The Labute approximate surface area is 164 Å². The van der Waals surface area contributed by atoms with Crippen molar-refractivity contribution in [3.05, 3.63) is 59.7 Å². The summed E-state index contributed by atoms with van der Waals surface area (Å²) in [6.07, 6.45) is 0. The molecule has 3 rings (SSSR count). The van der Waals surface area contributed by atoms with Gasteiger partial charge in [0, 0.05) is 26.2 Å². The number of anilines is 1. The number of hydrogen-bond donors (Lipinski definition) is 1. The Hall–Kier alpha value is -3.06. The number of esters is 1. The van der Waals surface area contributed by atoms with Crippen molar-refractivity contribution < 1.29 is 24.2 Å². The number of para-hydroxylation sites is 2. The maximum absolute atomic E-state index is 12.4. The summed E-state index contributed by atoms with van der Waals surface area (Å²) >= 11 is 0. The van der Waals surface area contributed by atoms with Gasteiger partial charge in [-0.05, 0) is 29.8 Å². The second kappa shape index (κ2) is 9.23. The van der Waals surface area contributed by atoms with Crippen LogP contribution in [-0.4, -0.2) is 61.8 Å². The average Bonchev–Trinajstić information content (AvgIpc) is 2.77. The van der Waals surface area contributed by atoms with Crippen LogP contribution in [0.15, 0.2) is 48.5 Å². The Morgan fingerprint density at radius 1 is 1.00 bits per heavy atom.